The summed E-state index contributed by atoms with van der Waals surface area (Å²) in [5, 5.41) is 12.1. The lowest BCUT2D eigenvalue weighted by molar-refractivity contribution is -0.676. The molecule has 0 bridgehead atoms. The predicted octanol–water partition coefficient (Wildman–Crippen LogP) is 0.0417. The molecule has 1 aliphatic rings. The Balaban J connectivity index is 1.70. The predicted molar refractivity (Wildman–Crippen MR) is 73.5 cm³/mol. The van der Waals surface area contributed by atoms with E-state index in [1.54, 1.807) is 4.90 Å². The van der Waals surface area contributed by atoms with Crippen molar-refractivity contribution in [3.05, 3.63) is 35.4 Å². The monoisotopic (exact) mass is 263 g/mol. The number of aryl methyl sites for hydroxylation is 1. The second-order valence-electron chi connectivity index (χ2n) is 5.25. The molecule has 4 heteroatoms. The van der Waals surface area contributed by atoms with E-state index in [1.165, 1.54) is 11.1 Å². The van der Waals surface area contributed by atoms with Gasteiger partial charge in [0.2, 0.25) is 5.91 Å². The summed E-state index contributed by atoms with van der Waals surface area (Å²) in [6, 6.07) is 8.28. The molecule has 1 saturated heterocycles. The minimum Gasteiger partial charge on any atom is -0.385 e. The van der Waals surface area contributed by atoms with Crippen molar-refractivity contribution in [3.8, 4) is 0 Å². The summed E-state index contributed by atoms with van der Waals surface area (Å²) in [5.74, 6) is 0.179. The molecular weight excluding hydrogens is 240 g/mol. The van der Waals surface area contributed by atoms with E-state index in [0.29, 0.717) is 19.5 Å². The Kier molecular flexibility index (Phi) is 4.93. The molecule has 0 aliphatic carbocycles. The van der Waals surface area contributed by atoms with Crippen molar-refractivity contribution in [3.63, 3.8) is 0 Å². The van der Waals surface area contributed by atoms with Crippen LogP contribution in [-0.4, -0.2) is 41.7 Å². The van der Waals surface area contributed by atoms with Crippen LogP contribution >= 0.6 is 0 Å². The Morgan fingerprint density at radius 1 is 1.42 bits per heavy atom. The van der Waals surface area contributed by atoms with Gasteiger partial charge < -0.3 is 15.3 Å². The molecule has 1 aromatic carbocycles. The molecule has 4 nitrogen and oxygen atoms in total. The highest BCUT2D eigenvalue weighted by atomic mass is 16.3. The van der Waals surface area contributed by atoms with Crippen molar-refractivity contribution in [1.82, 2.24) is 4.90 Å². The van der Waals surface area contributed by atoms with Gasteiger partial charge in [0.25, 0.3) is 0 Å². The Morgan fingerprint density at radius 2 is 2.21 bits per heavy atom. The third kappa shape index (κ3) is 4.04. The minimum atomic E-state index is -0.439. The van der Waals surface area contributed by atoms with Gasteiger partial charge in [0.05, 0.1) is 6.54 Å². The van der Waals surface area contributed by atoms with E-state index in [0.717, 1.165) is 19.5 Å². The Labute approximate surface area is 114 Å². The number of hydrogen-bond donors (Lipinski definition) is 2. The Morgan fingerprint density at radius 3 is 2.89 bits per heavy atom. The number of quaternary nitrogens is 1. The van der Waals surface area contributed by atoms with Crippen LogP contribution in [0.5, 0.6) is 0 Å². The van der Waals surface area contributed by atoms with Gasteiger partial charge in [-0.1, -0.05) is 24.3 Å². The molecule has 1 heterocycles. The zero-order valence-electron chi connectivity index (χ0n) is 11.5. The van der Waals surface area contributed by atoms with Gasteiger partial charge in [-0.25, -0.2) is 0 Å². The summed E-state index contributed by atoms with van der Waals surface area (Å²) in [6.45, 7) is 4.88. The van der Waals surface area contributed by atoms with E-state index in [4.69, 9.17) is 0 Å². The zero-order valence-corrected chi connectivity index (χ0v) is 11.5. The number of rotatable bonds is 6. The molecular formula is C15H23N2O2+. The fourth-order valence-corrected chi connectivity index (χ4v) is 2.50. The largest absolute Gasteiger partial charge is 0.385 e. The smallest absolute Gasteiger partial charge is 0.222 e. The average molecular weight is 263 g/mol. The molecule has 104 valence electrons. The zero-order chi connectivity index (χ0) is 13.7. The van der Waals surface area contributed by atoms with Gasteiger partial charge >= 0.3 is 0 Å². The van der Waals surface area contributed by atoms with Gasteiger partial charge in [0.15, 0.2) is 0 Å². The number of nitrogens with two attached hydrogens (primary N) is 1. The van der Waals surface area contributed by atoms with Crippen molar-refractivity contribution in [1.29, 1.82) is 0 Å². The molecule has 0 spiro atoms. The lowest BCUT2D eigenvalue weighted by Crippen LogP contribution is -2.85. The maximum Gasteiger partial charge on any atom is 0.222 e. The van der Waals surface area contributed by atoms with Crippen molar-refractivity contribution in [2.45, 2.75) is 32.4 Å². The van der Waals surface area contributed by atoms with E-state index in [9.17, 15) is 9.90 Å². The summed E-state index contributed by atoms with van der Waals surface area (Å²) < 4.78 is 0. The molecule has 19 heavy (non-hydrogen) atoms. The average Bonchev–Trinajstić information content (AvgIpc) is 2.77. The Bertz CT molecular complexity index is 434. The van der Waals surface area contributed by atoms with Crippen LogP contribution in [0.25, 0.3) is 0 Å². The van der Waals surface area contributed by atoms with Crippen LogP contribution in [0.2, 0.25) is 0 Å². The summed E-state index contributed by atoms with van der Waals surface area (Å²) in [4.78, 5) is 13.2. The first-order valence-corrected chi connectivity index (χ1v) is 6.99. The van der Waals surface area contributed by atoms with Crippen molar-refractivity contribution in [2.75, 3.05) is 19.6 Å². The van der Waals surface area contributed by atoms with Crippen molar-refractivity contribution >= 4 is 5.91 Å². The molecule has 0 aromatic heterocycles. The van der Waals surface area contributed by atoms with Crippen LogP contribution in [0.4, 0.5) is 0 Å². The highest BCUT2D eigenvalue weighted by Gasteiger charge is 2.22. The maximum atomic E-state index is 11.5. The number of likely N-dealkylation sites (tertiary alicyclic amines) is 1. The second-order valence-corrected chi connectivity index (χ2v) is 5.25. The molecule has 2 rings (SSSR count). The molecule has 0 radical (unpaired) electrons. The fraction of sp³-hybridized carbons (Fsp3) is 0.533. The quantitative estimate of drug-likeness (QED) is 0.761. The number of carbonyl (C=O) groups excluding carboxylic acids is 1. The minimum absolute atomic E-state index is 0.179. The summed E-state index contributed by atoms with van der Waals surface area (Å²) >= 11 is 0. The highest BCUT2D eigenvalue weighted by Crippen LogP contribution is 2.09. The molecule has 1 atom stereocenters. The number of benzene rings is 1. The number of hydrogen-bond acceptors (Lipinski definition) is 2. The number of aliphatic hydroxyl groups excluding tert-OH is 1. The number of β-amino-alcohol motifs (C(OH)–C–C–N with tert-alkyl or cyclic N) is 1. The number of amides is 1. The summed E-state index contributed by atoms with van der Waals surface area (Å²) in [7, 11) is 0. The van der Waals surface area contributed by atoms with Gasteiger partial charge in [0, 0.05) is 18.5 Å². The van der Waals surface area contributed by atoms with Gasteiger partial charge in [-0.15, -0.1) is 0 Å². The van der Waals surface area contributed by atoms with Crippen LogP contribution in [0, 0.1) is 6.92 Å². The first-order chi connectivity index (χ1) is 9.16. The number of nitrogens with zero attached hydrogens (tertiary/aromatic N) is 1. The first kappa shape index (κ1) is 14.0. The van der Waals surface area contributed by atoms with E-state index in [-0.39, 0.29) is 5.91 Å². The number of carbonyl (C=O) groups is 1. The first-order valence-electron chi connectivity index (χ1n) is 6.99. The van der Waals surface area contributed by atoms with E-state index < -0.39 is 6.10 Å². The van der Waals surface area contributed by atoms with E-state index in [2.05, 4.69) is 24.4 Å². The Hall–Kier alpha value is -1.39. The number of aliphatic hydroxyl groups is 1. The van der Waals surface area contributed by atoms with Crippen LogP contribution in [-0.2, 0) is 11.3 Å². The van der Waals surface area contributed by atoms with Gasteiger partial charge in [0.1, 0.15) is 19.2 Å². The van der Waals surface area contributed by atoms with Gasteiger partial charge in [-0.2, -0.15) is 0 Å². The summed E-state index contributed by atoms with van der Waals surface area (Å²) in [6.07, 6.45) is 1.13. The second kappa shape index (κ2) is 6.68. The van der Waals surface area contributed by atoms with Gasteiger partial charge in [-0.05, 0) is 18.9 Å². The SMILES string of the molecule is Cc1ccccc1C[NH2+]CC(O)CN1CCCC1=O. The van der Waals surface area contributed by atoms with Gasteiger partial charge in [-0.3, -0.25) is 4.79 Å². The van der Waals surface area contributed by atoms with Crippen LogP contribution in [0.1, 0.15) is 24.0 Å². The molecule has 3 N–H and O–H groups in total. The fourth-order valence-electron chi connectivity index (χ4n) is 2.50. The van der Waals surface area contributed by atoms with E-state index in [1.807, 2.05) is 12.1 Å². The molecule has 1 unspecified atom stereocenters. The van der Waals surface area contributed by atoms with Crippen LogP contribution < -0.4 is 5.32 Å². The molecule has 1 aromatic rings. The topological polar surface area (TPSA) is 57.2 Å². The normalized spacial score (nSPS) is 16.9. The van der Waals surface area contributed by atoms with Crippen molar-refractivity contribution < 1.29 is 15.2 Å². The third-order valence-corrected chi connectivity index (χ3v) is 3.67. The molecule has 1 fully saturated rings. The highest BCUT2D eigenvalue weighted by molar-refractivity contribution is 5.78. The summed E-state index contributed by atoms with van der Waals surface area (Å²) in [5.41, 5.74) is 2.58. The third-order valence-electron chi connectivity index (χ3n) is 3.67. The molecule has 1 amide bonds. The molecule has 0 saturated carbocycles. The lowest BCUT2D eigenvalue weighted by Gasteiger charge is -2.19. The van der Waals surface area contributed by atoms with Crippen LogP contribution in [0.15, 0.2) is 24.3 Å². The maximum absolute atomic E-state index is 11.5. The van der Waals surface area contributed by atoms with Crippen molar-refractivity contribution in [2.24, 2.45) is 0 Å². The standard InChI is InChI=1S/C15H22N2O2/c1-12-5-2-3-6-13(12)9-16-10-14(18)11-17-8-4-7-15(17)19/h2-3,5-6,14,16,18H,4,7-11H2,1H3/p+1. The van der Waals surface area contributed by atoms with Crippen LogP contribution in [0.3, 0.4) is 0 Å². The lowest BCUT2D eigenvalue weighted by atomic mass is 10.1. The van der Waals surface area contributed by atoms with E-state index >= 15 is 0 Å². The molecule has 1 aliphatic heterocycles.